The summed E-state index contributed by atoms with van der Waals surface area (Å²) in [7, 11) is 0. The van der Waals surface area contributed by atoms with Gasteiger partial charge in [0, 0.05) is 16.1 Å². The fraction of sp³-hybridized carbons (Fsp3) is 0.158. The van der Waals surface area contributed by atoms with Crippen molar-refractivity contribution < 1.29 is 9.53 Å². The number of carbonyl (C=O) groups is 1. The molecule has 0 bridgehead atoms. The highest BCUT2D eigenvalue weighted by atomic mass is 79.9. The number of aromatic nitrogens is 1. The lowest BCUT2D eigenvalue weighted by molar-refractivity contribution is -0.122. The fourth-order valence-corrected chi connectivity index (χ4v) is 2.69. The molecule has 1 aromatic heterocycles. The lowest BCUT2D eigenvalue weighted by Gasteiger charge is -2.16. The molecule has 3 aromatic rings. The number of carbonyl (C=O) groups excluding carboxylic acids is 1. The van der Waals surface area contributed by atoms with Gasteiger partial charge in [-0.25, -0.2) is 0 Å². The number of hydrogen-bond donors (Lipinski definition) is 1. The lowest BCUT2D eigenvalue weighted by atomic mass is 10.1. The van der Waals surface area contributed by atoms with E-state index in [4.69, 9.17) is 4.74 Å². The monoisotopic (exact) mass is 384 g/mol. The molecule has 1 atom stereocenters. The first-order valence-electron chi connectivity index (χ1n) is 7.62. The number of anilines is 1. The molecule has 122 valence electrons. The molecule has 0 saturated carbocycles. The Hall–Kier alpha value is -2.40. The molecule has 24 heavy (non-hydrogen) atoms. The van der Waals surface area contributed by atoms with Crippen LogP contribution in [0, 0.1) is 6.92 Å². The molecule has 0 saturated heterocycles. The number of aryl methyl sites for hydroxylation is 1. The summed E-state index contributed by atoms with van der Waals surface area (Å²) in [5.41, 5.74) is 2.69. The van der Waals surface area contributed by atoms with Crippen LogP contribution >= 0.6 is 15.9 Å². The van der Waals surface area contributed by atoms with Crippen LogP contribution in [0.1, 0.15) is 12.5 Å². The van der Waals surface area contributed by atoms with Gasteiger partial charge in [-0.15, -0.1) is 0 Å². The fourth-order valence-electron chi connectivity index (χ4n) is 2.43. The summed E-state index contributed by atoms with van der Waals surface area (Å²) in [6.45, 7) is 3.73. The summed E-state index contributed by atoms with van der Waals surface area (Å²) in [5.74, 6) is 0.447. The van der Waals surface area contributed by atoms with Gasteiger partial charge in [-0.2, -0.15) is 0 Å². The van der Waals surface area contributed by atoms with Gasteiger partial charge in [0.1, 0.15) is 5.75 Å². The van der Waals surface area contributed by atoms with Gasteiger partial charge in [-0.3, -0.25) is 9.78 Å². The molecule has 2 aromatic carbocycles. The van der Waals surface area contributed by atoms with Crippen LogP contribution in [-0.4, -0.2) is 17.0 Å². The molecule has 5 heteroatoms. The number of pyridine rings is 1. The second-order valence-corrected chi connectivity index (χ2v) is 6.45. The number of rotatable bonds is 4. The zero-order valence-electron chi connectivity index (χ0n) is 13.4. The van der Waals surface area contributed by atoms with Gasteiger partial charge in [-0.1, -0.05) is 22.0 Å². The average molecular weight is 385 g/mol. The summed E-state index contributed by atoms with van der Waals surface area (Å²) < 4.78 is 6.65. The van der Waals surface area contributed by atoms with Crippen LogP contribution in [0.4, 0.5) is 5.69 Å². The minimum atomic E-state index is -0.612. The molecule has 0 aliphatic carbocycles. The molecule has 1 N–H and O–H groups in total. The second kappa shape index (κ2) is 7.01. The van der Waals surface area contributed by atoms with Crippen LogP contribution in [0.25, 0.3) is 10.9 Å². The van der Waals surface area contributed by atoms with E-state index in [1.807, 2.05) is 55.5 Å². The standard InChI is InChI=1S/C19H17BrN2O2/c1-12-5-10-17(16-4-3-11-21-18(12)16)22-19(23)13(2)24-15-8-6-14(20)7-9-15/h3-11,13H,1-2H3,(H,22,23). The minimum Gasteiger partial charge on any atom is -0.481 e. The number of ether oxygens (including phenoxy) is 1. The van der Waals surface area contributed by atoms with E-state index in [0.717, 1.165) is 26.6 Å². The number of amides is 1. The average Bonchev–Trinajstić information content (AvgIpc) is 2.59. The van der Waals surface area contributed by atoms with Crippen molar-refractivity contribution in [2.45, 2.75) is 20.0 Å². The van der Waals surface area contributed by atoms with E-state index >= 15 is 0 Å². The van der Waals surface area contributed by atoms with Crippen LogP contribution in [-0.2, 0) is 4.79 Å². The van der Waals surface area contributed by atoms with E-state index < -0.39 is 6.10 Å². The third kappa shape index (κ3) is 3.57. The number of hydrogen-bond acceptors (Lipinski definition) is 3. The van der Waals surface area contributed by atoms with Gasteiger partial charge >= 0.3 is 0 Å². The van der Waals surface area contributed by atoms with E-state index in [9.17, 15) is 4.79 Å². The van der Waals surface area contributed by atoms with Gasteiger partial charge in [0.15, 0.2) is 6.10 Å². The van der Waals surface area contributed by atoms with Crippen molar-refractivity contribution in [3.8, 4) is 5.75 Å². The zero-order chi connectivity index (χ0) is 17.1. The summed E-state index contributed by atoms with van der Waals surface area (Å²) in [6, 6.07) is 15.0. The van der Waals surface area contributed by atoms with Crippen molar-refractivity contribution in [2.75, 3.05) is 5.32 Å². The molecule has 1 unspecified atom stereocenters. The molecular formula is C19H17BrN2O2. The lowest BCUT2D eigenvalue weighted by Crippen LogP contribution is -2.30. The molecule has 0 radical (unpaired) electrons. The van der Waals surface area contributed by atoms with Crippen LogP contribution in [0.2, 0.25) is 0 Å². The Morgan fingerprint density at radius 2 is 1.92 bits per heavy atom. The SMILES string of the molecule is Cc1ccc(NC(=O)C(C)Oc2ccc(Br)cc2)c2cccnc12. The number of fused-ring (bicyclic) bond motifs is 1. The van der Waals surface area contributed by atoms with E-state index in [-0.39, 0.29) is 5.91 Å². The molecule has 0 fully saturated rings. The Labute approximate surface area is 149 Å². The van der Waals surface area contributed by atoms with Crippen molar-refractivity contribution in [3.63, 3.8) is 0 Å². The quantitative estimate of drug-likeness (QED) is 0.708. The normalized spacial score (nSPS) is 12.0. The Kier molecular flexibility index (Phi) is 4.81. The number of nitrogens with zero attached hydrogens (tertiary/aromatic N) is 1. The smallest absolute Gasteiger partial charge is 0.265 e. The van der Waals surface area contributed by atoms with Gasteiger partial charge in [0.2, 0.25) is 0 Å². The van der Waals surface area contributed by atoms with E-state index in [0.29, 0.717) is 5.75 Å². The van der Waals surface area contributed by atoms with Crippen LogP contribution in [0.15, 0.2) is 59.2 Å². The Morgan fingerprint density at radius 1 is 1.17 bits per heavy atom. The topological polar surface area (TPSA) is 51.2 Å². The molecular weight excluding hydrogens is 368 g/mol. The van der Waals surface area contributed by atoms with Crippen LogP contribution in [0.3, 0.4) is 0 Å². The van der Waals surface area contributed by atoms with Gasteiger partial charge in [0.05, 0.1) is 11.2 Å². The maximum atomic E-state index is 12.4. The van der Waals surface area contributed by atoms with E-state index in [2.05, 4.69) is 26.2 Å². The van der Waals surface area contributed by atoms with Crippen molar-refractivity contribution in [1.82, 2.24) is 4.98 Å². The minimum absolute atomic E-state index is 0.202. The molecule has 1 heterocycles. The Balaban J connectivity index is 1.77. The number of nitrogens with one attached hydrogen (secondary N) is 1. The molecule has 0 aliphatic rings. The number of halogens is 1. The summed E-state index contributed by atoms with van der Waals surface area (Å²) >= 11 is 3.37. The Morgan fingerprint density at radius 3 is 2.67 bits per heavy atom. The highest BCUT2D eigenvalue weighted by Gasteiger charge is 2.16. The molecule has 3 rings (SSSR count). The van der Waals surface area contributed by atoms with Crippen molar-refractivity contribution in [2.24, 2.45) is 0 Å². The van der Waals surface area contributed by atoms with E-state index in [1.165, 1.54) is 0 Å². The molecule has 4 nitrogen and oxygen atoms in total. The van der Waals surface area contributed by atoms with Crippen LogP contribution < -0.4 is 10.1 Å². The first-order valence-corrected chi connectivity index (χ1v) is 8.41. The largest absolute Gasteiger partial charge is 0.481 e. The van der Waals surface area contributed by atoms with Crippen molar-refractivity contribution in [1.29, 1.82) is 0 Å². The maximum absolute atomic E-state index is 12.4. The van der Waals surface area contributed by atoms with E-state index in [1.54, 1.807) is 13.1 Å². The van der Waals surface area contributed by atoms with Crippen molar-refractivity contribution in [3.05, 3.63) is 64.8 Å². The van der Waals surface area contributed by atoms with Gasteiger partial charge in [0.25, 0.3) is 5.91 Å². The summed E-state index contributed by atoms with van der Waals surface area (Å²) in [4.78, 5) is 16.8. The molecule has 0 spiro atoms. The number of benzene rings is 2. The maximum Gasteiger partial charge on any atom is 0.265 e. The second-order valence-electron chi connectivity index (χ2n) is 5.53. The van der Waals surface area contributed by atoms with Gasteiger partial charge < -0.3 is 10.1 Å². The van der Waals surface area contributed by atoms with Crippen molar-refractivity contribution >= 4 is 38.4 Å². The zero-order valence-corrected chi connectivity index (χ0v) is 15.0. The highest BCUT2D eigenvalue weighted by molar-refractivity contribution is 9.10. The predicted molar refractivity (Wildman–Crippen MR) is 99.3 cm³/mol. The third-order valence-electron chi connectivity index (χ3n) is 3.72. The van der Waals surface area contributed by atoms with Crippen LogP contribution in [0.5, 0.6) is 5.75 Å². The first kappa shape index (κ1) is 16.5. The summed E-state index contributed by atoms with van der Waals surface area (Å²) in [6.07, 6.45) is 1.14. The van der Waals surface area contributed by atoms with Gasteiger partial charge in [-0.05, 0) is 61.9 Å². The highest BCUT2D eigenvalue weighted by Crippen LogP contribution is 2.25. The third-order valence-corrected chi connectivity index (χ3v) is 4.25. The summed E-state index contributed by atoms with van der Waals surface area (Å²) in [5, 5.41) is 3.85. The Bertz CT molecular complexity index is 878. The first-order chi connectivity index (χ1) is 11.5. The molecule has 1 amide bonds. The molecule has 0 aliphatic heterocycles. The predicted octanol–water partition coefficient (Wildman–Crippen LogP) is 4.71.